The zero-order valence-electron chi connectivity index (χ0n) is 12.2. The molecule has 0 aliphatic carbocycles. The van der Waals surface area contributed by atoms with Crippen molar-refractivity contribution in [1.82, 2.24) is 5.32 Å². The summed E-state index contributed by atoms with van der Waals surface area (Å²) in [4.78, 5) is 12.4. The molecule has 0 spiro atoms. The zero-order valence-corrected chi connectivity index (χ0v) is 13.0. The molecule has 0 fully saturated rings. The molecule has 0 saturated heterocycles. The predicted molar refractivity (Wildman–Crippen MR) is 83.5 cm³/mol. The number of benzene rings is 1. The summed E-state index contributed by atoms with van der Waals surface area (Å²) >= 11 is 4.93. The molecule has 1 amide bonds. The Kier molecular flexibility index (Phi) is 4.35. The summed E-state index contributed by atoms with van der Waals surface area (Å²) in [7, 11) is 0. The maximum absolute atomic E-state index is 12.1. The van der Waals surface area contributed by atoms with E-state index in [1.165, 1.54) is 5.56 Å². The third-order valence-electron chi connectivity index (χ3n) is 3.06. The molecule has 0 radical (unpaired) electrons. The second kappa shape index (κ2) is 5.29. The summed E-state index contributed by atoms with van der Waals surface area (Å²) in [5.41, 5.74) is 6.79. The summed E-state index contributed by atoms with van der Waals surface area (Å²) in [5.74, 6) is -0.168. The molecule has 1 rings (SSSR count). The van der Waals surface area contributed by atoms with Crippen molar-refractivity contribution in [2.45, 2.75) is 45.6 Å². The Morgan fingerprint density at radius 2 is 1.58 bits per heavy atom. The fourth-order valence-corrected chi connectivity index (χ4v) is 1.59. The first-order valence-corrected chi connectivity index (χ1v) is 6.68. The molecule has 0 atom stereocenters. The van der Waals surface area contributed by atoms with Gasteiger partial charge in [-0.1, -0.05) is 45.1 Å². The van der Waals surface area contributed by atoms with Gasteiger partial charge in [-0.2, -0.15) is 0 Å². The van der Waals surface area contributed by atoms with Crippen LogP contribution in [0.5, 0.6) is 0 Å². The van der Waals surface area contributed by atoms with Gasteiger partial charge in [0.2, 0.25) is 0 Å². The molecule has 0 aromatic heterocycles. The molecule has 0 heterocycles. The fraction of sp³-hybridized carbons (Fsp3) is 0.467. The lowest BCUT2D eigenvalue weighted by molar-refractivity contribution is 0.0932. The minimum absolute atomic E-state index is 0.0765. The first-order chi connectivity index (χ1) is 8.54. The van der Waals surface area contributed by atoms with E-state index in [0.717, 1.165) is 0 Å². The number of thiocarbonyl (C=S) groups is 1. The minimum Gasteiger partial charge on any atom is -0.391 e. The molecule has 4 heteroatoms. The standard InChI is InChI=1S/C15H22N2OS/c1-14(2,3)11-8-6-10(7-9-11)12(18)17-15(4,5)13(16)19/h6-9H,1-5H3,(H2,16,19)(H,17,18). The molecule has 3 N–H and O–H groups in total. The highest BCUT2D eigenvalue weighted by Gasteiger charge is 2.24. The Bertz CT molecular complexity index is 484. The number of hydrogen-bond acceptors (Lipinski definition) is 2. The average molecular weight is 278 g/mol. The van der Waals surface area contributed by atoms with E-state index in [4.69, 9.17) is 18.0 Å². The largest absolute Gasteiger partial charge is 0.391 e. The van der Waals surface area contributed by atoms with E-state index in [0.29, 0.717) is 5.56 Å². The van der Waals surface area contributed by atoms with Crippen molar-refractivity contribution in [3.8, 4) is 0 Å². The van der Waals surface area contributed by atoms with Crippen molar-refractivity contribution in [1.29, 1.82) is 0 Å². The number of nitrogens with one attached hydrogen (secondary N) is 1. The molecular weight excluding hydrogens is 256 g/mol. The lowest BCUT2D eigenvalue weighted by atomic mass is 9.86. The summed E-state index contributed by atoms with van der Waals surface area (Å²) in [6, 6.07) is 7.60. The van der Waals surface area contributed by atoms with Gasteiger partial charge in [0.05, 0.1) is 10.5 Å². The summed E-state index contributed by atoms with van der Waals surface area (Å²) in [6.07, 6.45) is 0. The van der Waals surface area contributed by atoms with Crippen LogP contribution in [0.4, 0.5) is 0 Å². The number of rotatable bonds is 3. The van der Waals surface area contributed by atoms with Gasteiger partial charge >= 0.3 is 0 Å². The van der Waals surface area contributed by atoms with Gasteiger partial charge in [0.1, 0.15) is 0 Å². The molecule has 0 saturated carbocycles. The van der Waals surface area contributed by atoms with Crippen LogP contribution in [0.15, 0.2) is 24.3 Å². The highest BCUT2D eigenvalue weighted by Crippen LogP contribution is 2.22. The second-order valence-corrected chi connectivity index (χ2v) is 6.71. The SMILES string of the molecule is CC(C)(NC(=O)c1ccc(C(C)(C)C)cc1)C(N)=S. The lowest BCUT2D eigenvalue weighted by Crippen LogP contribution is -2.52. The third kappa shape index (κ3) is 4.03. The van der Waals surface area contributed by atoms with E-state index < -0.39 is 5.54 Å². The normalized spacial score (nSPS) is 12.1. The van der Waals surface area contributed by atoms with Gasteiger partial charge in [0.25, 0.3) is 5.91 Å². The maximum atomic E-state index is 12.1. The van der Waals surface area contributed by atoms with Crippen LogP contribution in [0.25, 0.3) is 0 Å². The van der Waals surface area contributed by atoms with Crippen LogP contribution in [0.2, 0.25) is 0 Å². The van der Waals surface area contributed by atoms with Crippen molar-refractivity contribution in [2.24, 2.45) is 5.73 Å². The minimum atomic E-state index is -0.685. The zero-order chi connectivity index (χ0) is 14.8. The van der Waals surface area contributed by atoms with Gasteiger partial charge in [-0.15, -0.1) is 0 Å². The second-order valence-electron chi connectivity index (χ2n) is 6.27. The first-order valence-electron chi connectivity index (χ1n) is 6.27. The van der Waals surface area contributed by atoms with Crippen LogP contribution in [0, 0.1) is 0 Å². The van der Waals surface area contributed by atoms with Gasteiger partial charge in [-0.05, 0) is 37.0 Å². The Labute approximate surface area is 120 Å². The third-order valence-corrected chi connectivity index (χ3v) is 3.57. The van der Waals surface area contributed by atoms with Gasteiger partial charge in [0, 0.05) is 5.56 Å². The Morgan fingerprint density at radius 3 is 1.95 bits per heavy atom. The number of nitrogens with two attached hydrogens (primary N) is 1. The van der Waals surface area contributed by atoms with Crippen LogP contribution < -0.4 is 11.1 Å². The van der Waals surface area contributed by atoms with Crippen molar-refractivity contribution < 1.29 is 4.79 Å². The fourth-order valence-electron chi connectivity index (χ4n) is 1.54. The molecule has 0 aliphatic heterocycles. The van der Waals surface area contributed by atoms with Crippen molar-refractivity contribution >= 4 is 23.1 Å². The van der Waals surface area contributed by atoms with Crippen molar-refractivity contribution in [2.75, 3.05) is 0 Å². The van der Waals surface area contributed by atoms with Crippen LogP contribution in [-0.4, -0.2) is 16.4 Å². The summed E-state index contributed by atoms with van der Waals surface area (Å²) < 4.78 is 0. The number of carbonyl (C=O) groups excluding carboxylic acids is 1. The number of hydrogen-bond donors (Lipinski definition) is 2. The topological polar surface area (TPSA) is 55.1 Å². The van der Waals surface area contributed by atoms with E-state index in [2.05, 4.69) is 26.1 Å². The predicted octanol–water partition coefficient (Wildman–Crippen LogP) is 2.78. The molecule has 3 nitrogen and oxygen atoms in total. The van der Waals surface area contributed by atoms with E-state index in [9.17, 15) is 4.79 Å². The van der Waals surface area contributed by atoms with Gasteiger partial charge in [-0.3, -0.25) is 4.79 Å². The van der Waals surface area contributed by atoms with Gasteiger partial charge in [0.15, 0.2) is 0 Å². The molecule has 104 valence electrons. The van der Waals surface area contributed by atoms with Crippen molar-refractivity contribution in [3.05, 3.63) is 35.4 Å². The van der Waals surface area contributed by atoms with Crippen LogP contribution in [0.1, 0.15) is 50.5 Å². The number of amides is 1. The van der Waals surface area contributed by atoms with Crippen molar-refractivity contribution in [3.63, 3.8) is 0 Å². The van der Waals surface area contributed by atoms with E-state index in [-0.39, 0.29) is 16.3 Å². The molecule has 1 aromatic rings. The van der Waals surface area contributed by atoms with Gasteiger partial charge in [-0.25, -0.2) is 0 Å². The quantitative estimate of drug-likeness (QED) is 0.836. The smallest absolute Gasteiger partial charge is 0.252 e. The molecule has 1 aromatic carbocycles. The monoisotopic (exact) mass is 278 g/mol. The average Bonchev–Trinajstić information content (AvgIpc) is 2.27. The Balaban J connectivity index is 2.88. The molecule has 0 unspecified atom stereocenters. The molecule has 0 bridgehead atoms. The van der Waals surface area contributed by atoms with E-state index >= 15 is 0 Å². The Morgan fingerprint density at radius 1 is 1.11 bits per heavy atom. The van der Waals surface area contributed by atoms with Crippen LogP contribution in [0.3, 0.4) is 0 Å². The molecule has 0 aliphatic rings. The van der Waals surface area contributed by atoms with E-state index in [1.807, 2.05) is 24.3 Å². The maximum Gasteiger partial charge on any atom is 0.252 e. The molecular formula is C15H22N2OS. The lowest BCUT2D eigenvalue weighted by Gasteiger charge is -2.25. The number of carbonyl (C=O) groups is 1. The first kappa shape index (κ1) is 15.6. The Hall–Kier alpha value is -1.42. The van der Waals surface area contributed by atoms with E-state index in [1.54, 1.807) is 13.8 Å². The summed E-state index contributed by atoms with van der Waals surface area (Å²) in [6.45, 7) is 9.99. The highest BCUT2D eigenvalue weighted by atomic mass is 32.1. The van der Waals surface area contributed by atoms with Crippen LogP contribution in [-0.2, 0) is 5.41 Å². The van der Waals surface area contributed by atoms with Crippen LogP contribution >= 0.6 is 12.2 Å². The highest BCUT2D eigenvalue weighted by molar-refractivity contribution is 7.80. The van der Waals surface area contributed by atoms with Gasteiger partial charge < -0.3 is 11.1 Å². The molecule has 19 heavy (non-hydrogen) atoms. The summed E-state index contributed by atoms with van der Waals surface area (Å²) in [5, 5.41) is 2.83.